The molecule has 0 aliphatic heterocycles. The fourth-order valence-electron chi connectivity index (χ4n) is 4.33. The van der Waals surface area contributed by atoms with Gasteiger partial charge >= 0.3 is 0 Å². The largest absolute Gasteiger partial charge is 0.351 e. The number of amides is 2. The van der Waals surface area contributed by atoms with Crippen LogP contribution < -0.4 is 16.0 Å². The van der Waals surface area contributed by atoms with Crippen molar-refractivity contribution in [1.29, 1.82) is 0 Å². The molecule has 2 aromatic heterocycles. The van der Waals surface area contributed by atoms with Crippen molar-refractivity contribution in [2.45, 2.75) is 0 Å². The summed E-state index contributed by atoms with van der Waals surface area (Å²) < 4.78 is 2.06. The van der Waals surface area contributed by atoms with Gasteiger partial charge in [0.15, 0.2) is 0 Å². The van der Waals surface area contributed by atoms with Gasteiger partial charge in [0.2, 0.25) is 11.9 Å². The number of aryl methyl sites for hydroxylation is 1. The highest BCUT2D eigenvalue weighted by Crippen LogP contribution is 2.30. The highest BCUT2D eigenvalue weighted by molar-refractivity contribution is 6.33. The molecule has 9 nitrogen and oxygen atoms in total. The van der Waals surface area contributed by atoms with Gasteiger partial charge in [0, 0.05) is 65.0 Å². The maximum atomic E-state index is 12.9. The third-order valence-corrected chi connectivity index (χ3v) is 6.71. The Kier molecular flexibility index (Phi) is 8.61. The summed E-state index contributed by atoms with van der Waals surface area (Å²) in [5.74, 6) is -0.134. The standard InChI is InChI=1S/C32H30ClN7O2/c1-39(2)16-5-8-29(41)35-24-12-9-21(10-13-24)31(42)36-25-6-4-7-26(19-25)37-32-34-20-27(33)30(38-32)23-11-14-28-22(18-23)15-17-40(28)3/h4-15,17-20H,16H2,1-3H3,(H,35,41)(H,36,42)(H,34,37,38). The van der Waals surface area contributed by atoms with Gasteiger partial charge in [-0.05, 0) is 74.8 Å². The van der Waals surface area contributed by atoms with E-state index in [0.29, 0.717) is 45.8 Å². The van der Waals surface area contributed by atoms with E-state index in [9.17, 15) is 9.59 Å². The van der Waals surface area contributed by atoms with Gasteiger partial charge in [-0.2, -0.15) is 0 Å². The molecule has 0 bridgehead atoms. The van der Waals surface area contributed by atoms with Crippen molar-refractivity contribution >= 4 is 57.3 Å². The number of rotatable bonds is 9. The van der Waals surface area contributed by atoms with Crippen LogP contribution in [-0.4, -0.2) is 51.9 Å². The van der Waals surface area contributed by atoms with Crippen LogP contribution >= 0.6 is 11.6 Å². The van der Waals surface area contributed by atoms with Gasteiger partial charge in [0.05, 0.1) is 16.9 Å². The number of nitrogens with one attached hydrogen (secondary N) is 3. The van der Waals surface area contributed by atoms with E-state index in [1.807, 2.05) is 68.6 Å². The number of benzene rings is 3. The van der Waals surface area contributed by atoms with Gasteiger partial charge < -0.3 is 25.4 Å². The minimum Gasteiger partial charge on any atom is -0.351 e. The summed E-state index contributed by atoms with van der Waals surface area (Å²) in [5.41, 5.74) is 4.97. The molecule has 0 saturated carbocycles. The zero-order chi connectivity index (χ0) is 29.6. The molecule has 2 heterocycles. The maximum Gasteiger partial charge on any atom is 0.255 e. The van der Waals surface area contributed by atoms with Crippen LogP contribution in [0.3, 0.4) is 0 Å². The minimum absolute atomic E-state index is 0.229. The molecule has 3 N–H and O–H groups in total. The Hall–Kier alpha value is -4.99. The van der Waals surface area contributed by atoms with Crippen molar-refractivity contribution < 1.29 is 9.59 Å². The Morgan fingerprint density at radius 2 is 1.74 bits per heavy atom. The first-order valence-corrected chi connectivity index (χ1v) is 13.6. The number of hydrogen-bond acceptors (Lipinski definition) is 6. The molecule has 0 fully saturated rings. The first-order chi connectivity index (χ1) is 20.2. The van der Waals surface area contributed by atoms with E-state index >= 15 is 0 Å². The molecule has 5 rings (SSSR count). The first kappa shape index (κ1) is 28.5. The molecule has 2 amide bonds. The molecule has 10 heteroatoms. The normalized spacial score (nSPS) is 11.3. The zero-order valence-corrected chi connectivity index (χ0v) is 24.2. The average molecular weight is 580 g/mol. The number of anilines is 4. The van der Waals surface area contributed by atoms with Crippen molar-refractivity contribution in [2.75, 3.05) is 36.6 Å². The molecule has 212 valence electrons. The Morgan fingerprint density at radius 1 is 0.952 bits per heavy atom. The lowest BCUT2D eigenvalue weighted by molar-refractivity contribution is -0.111. The van der Waals surface area contributed by atoms with E-state index in [4.69, 9.17) is 11.6 Å². The van der Waals surface area contributed by atoms with E-state index < -0.39 is 0 Å². The Bertz CT molecular complexity index is 1780. The van der Waals surface area contributed by atoms with Crippen LogP contribution in [-0.2, 0) is 11.8 Å². The molecule has 0 radical (unpaired) electrons. The summed E-state index contributed by atoms with van der Waals surface area (Å²) in [6, 6.07) is 22.1. The summed E-state index contributed by atoms with van der Waals surface area (Å²) in [7, 11) is 5.86. The number of fused-ring (bicyclic) bond motifs is 1. The molecule has 42 heavy (non-hydrogen) atoms. The van der Waals surface area contributed by atoms with Crippen LogP contribution in [0.5, 0.6) is 0 Å². The predicted molar refractivity (Wildman–Crippen MR) is 169 cm³/mol. The highest BCUT2D eigenvalue weighted by atomic mass is 35.5. The smallest absolute Gasteiger partial charge is 0.255 e. The molecule has 0 spiro atoms. The molecule has 3 aromatic carbocycles. The molecule has 0 atom stereocenters. The number of hydrogen-bond donors (Lipinski definition) is 3. The summed E-state index contributed by atoms with van der Waals surface area (Å²) in [5, 5.41) is 10.4. The SMILES string of the molecule is CN(C)CC=CC(=O)Nc1ccc(C(=O)Nc2cccc(Nc3ncc(Cl)c(-c4ccc5c(ccn5C)c4)n3)c2)cc1. The Balaban J connectivity index is 1.24. The van der Waals surface area contributed by atoms with E-state index in [0.717, 1.165) is 16.5 Å². The zero-order valence-electron chi connectivity index (χ0n) is 23.4. The fraction of sp³-hybridized carbons (Fsp3) is 0.125. The van der Waals surface area contributed by atoms with E-state index in [1.54, 1.807) is 48.7 Å². The Labute approximate surface area is 248 Å². The van der Waals surface area contributed by atoms with Gasteiger partial charge in [0.1, 0.15) is 0 Å². The van der Waals surface area contributed by atoms with E-state index in [1.165, 1.54) is 6.08 Å². The highest BCUT2D eigenvalue weighted by Gasteiger charge is 2.12. The second kappa shape index (κ2) is 12.7. The van der Waals surface area contributed by atoms with Crippen LogP contribution in [0.2, 0.25) is 5.02 Å². The first-order valence-electron chi connectivity index (χ1n) is 13.2. The van der Waals surface area contributed by atoms with Crippen LogP contribution in [0.4, 0.5) is 23.0 Å². The van der Waals surface area contributed by atoms with Crippen molar-refractivity contribution in [1.82, 2.24) is 19.4 Å². The van der Waals surface area contributed by atoms with Crippen molar-refractivity contribution in [3.63, 3.8) is 0 Å². The fourth-order valence-corrected chi connectivity index (χ4v) is 4.53. The summed E-state index contributed by atoms with van der Waals surface area (Å²) in [4.78, 5) is 35.9. The topological polar surface area (TPSA) is 104 Å². The molecule has 0 saturated heterocycles. The number of carbonyl (C=O) groups is 2. The van der Waals surface area contributed by atoms with Crippen molar-refractivity contribution in [2.24, 2.45) is 7.05 Å². The molecule has 0 unspecified atom stereocenters. The third kappa shape index (κ3) is 7.01. The molecular formula is C32H30ClN7O2. The van der Waals surface area contributed by atoms with Gasteiger partial charge in [-0.1, -0.05) is 29.8 Å². The van der Waals surface area contributed by atoms with Crippen LogP contribution in [0.15, 0.2) is 97.3 Å². The van der Waals surface area contributed by atoms with Crippen LogP contribution in [0.1, 0.15) is 10.4 Å². The maximum absolute atomic E-state index is 12.9. The average Bonchev–Trinajstić information content (AvgIpc) is 3.34. The molecule has 0 aliphatic carbocycles. The van der Waals surface area contributed by atoms with Crippen LogP contribution in [0.25, 0.3) is 22.2 Å². The lowest BCUT2D eigenvalue weighted by Gasteiger charge is -2.11. The summed E-state index contributed by atoms with van der Waals surface area (Å²) >= 11 is 6.47. The second-order valence-electron chi connectivity index (χ2n) is 9.98. The predicted octanol–water partition coefficient (Wildman–Crippen LogP) is 6.34. The molecule has 0 aliphatic rings. The lowest BCUT2D eigenvalue weighted by Crippen LogP contribution is -2.13. The summed E-state index contributed by atoms with van der Waals surface area (Å²) in [6.07, 6.45) is 6.85. The van der Waals surface area contributed by atoms with Gasteiger partial charge in [0.25, 0.3) is 5.91 Å². The number of carbonyl (C=O) groups excluding carboxylic acids is 2. The quantitative estimate of drug-likeness (QED) is 0.176. The number of halogens is 1. The Morgan fingerprint density at radius 3 is 2.52 bits per heavy atom. The minimum atomic E-state index is -0.280. The summed E-state index contributed by atoms with van der Waals surface area (Å²) in [6.45, 7) is 0.669. The molecular weight excluding hydrogens is 550 g/mol. The van der Waals surface area contributed by atoms with Crippen molar-refractivity contribution in [3.8, 4) is 11.3 Å². The number of aromatic nitrogens is 3. The lowest BCUT2D eigenvalue weighted by atomic mass is 10.1. The van der Waals surface area contributed by atoms with Gasteiger partial charge in [-0.3, -0.25) is 9.59 Å². The van der Waals surface area contributed by atoms with Gasteiger partial charge in [-0.25, -0.2) is 9.97 Å². The monoisotopic (exact) mass is 579 g/mol. The van der Waals surface area contributed by atoms with Gasteiger partial charge in [-0.15, -0.1) is 0 Å². The second-order valence-corrected chi connectivity index (χ2v) is 10.4. The van der Waals surface area contributed by atoms with Crippen molar-refractivity contribution in [3.05, 3.63) is 108 Å². The number of likely N-dealkylation sites (N-methyl/N-ethyl adjacent to an activating group) is 1. The third-order valence-electron chi connectivity index (χ3n) is 6.43. The molecule has 5 aromatic rings. The number of nitrogens with zero attached hydrogens (tertiary/aromatic N) is 4. The van der Waals surface area contributed by atoms with E-state index in [2.05, 4.69) is 30.5 Å². The van der Waals surface area contributed by atoms with Crippen LogP contribution in [0, 0.1) is 0 Å². The van der Waals surface area contributed by atoms with E-state index in [-0.39, 0.29) is 11.8 Å².